The highest BCUT2D eigenvalue weighted by Crippen LogP contribution is 2.04. The van der Waals surface area contributed by atoms with Crippen molar-refractivity contribution in [2.75, 3.05) is 18.5 Å². The topological polar surface area (TPSA) is 61.4 Å². The number of allylic oxidation sites excluding steroid dienone is 1. The highest BCUT2D eigenvalue weighted by molar-refractivity contribution is 5.99. The molecule has 0 atom stereocenters. The third-order valence-electron chi connectivity index (χ3n) is 1.90. The van der Waals surface area contributed by atoms with Crippen molar-refractivity contribution in [2.24, 2.45) is 0 Å². The van der Waals surface area contributed by atoms with Gasteiger partial charge in [-0.25, -0.2) is 0 Å². The zero-order chi connectivity index (χ0) is 11.8. The minimum absolute atomic E-state index is 0.0471. The Balaban J connectivity index is 2.47. The van der Waals surface area contributed by atoms with Gasteiger partial charge in [-0.2, -0.15) is 0 Å². The summed E-state index contributed by atoms with van der Waals surface area (Å²) in [7, 11) is 0. The average Bonchev–Trinajstić information content (AvgIpc) is 2.27. The smallest absolute Gasteiger partial charge is 0.250 e. The SMILES string of the molecule is C/C(=C\C(=O)Nc1ccccc1)NCCO. The van der Waals surface area contributed by atoms with Crippen molar-refractivity contribution in [1.29, 1.82) is 0 Å². The number of anilines is 1. The number of amides is 1. The third kappa shape index (κ3) is 4.61. The van der Waals surface area contributed by atoms with Gasteiger partial charge in [-0.05, 0) is 19.1 Å². The Hall–Kier alpha value is -1.81. The van der Waals surface area contributed by atoms with E-state index in [2.05, 4.69) is 10.6 Å². The minimum Gasteiger partial charge on any atom is -0.395 e. The van der Waals surface area contributed by atoms with Crippen LogP contribution in [-0.4, -0.2) is 24.2 Å². The van der Waals surface area contributed by atoms with Crippen molar-refractivity contribution in [3.8, 4) is 0 Å². The molecule has 0 aliphatic carbocycles. The fourth-order valence-corrected chi connectivity index (χ4v) is 1.20. The number of hydrogen-bond donors (Lipinski definition) is 3. The van der Waals surface area contributed by atoms with Gasteiger partial charge in [-0.15, -0.1) is 0 Å². The van der Waals surface area contributed by atoms with Gasteiger partial charge in [0.2, 0.25) is 5.91 Å². The van der Waals surface area contributed by atoms with E-state index >= 15 is 0 Å². The molecule has 1 amide bonds. The van der Waals surface area contributed by atoms with E-state index in [1.54, 1.807) is 6.92 Å². The molecule has 1 rings (SSSR count). The fourth-order valence-electron chi connectivity index (χ4n) is 1.20. The lowest BCUT2D eigenvalue weighted by Crippen LogP contribution is -2.18. The Bertz CT molecular complexity index is 361. The summed E-state index contributed by atoms with van der Waals surface area (Å²) >= 11 is 0. The molecule has 0 bridgehead atoms. The quantitative estimate of drug-likeness (QED) is 0.651. The van der Waals surface area contributed by atoms with Gasteiger partial charge in [-0.3, -0.25) is 4.79 Å². The number of aliphatic hydroxyl groups is 1. The molecule has 0 aromatic heterocycles. The predicted octanol–water partition coefficient (Wildman–Crippen LogP) is 1.11. The number of hydrogen-bond acceptors (Lipinski definition) is 3. The molecule has 0 spiro atoms. The van der Waals surface area contributed by atoms with Gasteiger partial charge in [0.15, 0.2) is 0 Å². The van der Waals surface area contributed by atoms with Gasteiger partial charge < -0.3 is 15.7 Å². The van der Waals surface area contributed by atoms with Crippen LogP contribution < -0.4 is 10.6 Å². The predicted molar refractivity (Wildman–Crippen MR) is 63.9 cm³/mol. The van der Waals surface area contributed by atoms with E-state index in [9.17, 15) is 4.79 Å². The highest BCUT2D eigenvalue weighted by atomic mass is 16.3. The van der Waals surface area contributed by atoms with Gasteiger partial charge in [0, 0.05) is 24.0 Å². The lowest BCUT2D eigenvalue weighted by molar-refractivity contribution is -0.112. The van der Waals surface area contributed by atoms with Crippen LogP contribution in [0.5, 0.6) is 0 Å². The normalized spacial score (nSPS) is 11.0. The largest absolute Gasteiger partial charge is 0.395 e. The Morgan fingerprint density at radius 3 is 2.69 bits per heavy atom. The summed E-state index contributed by atoms with van der Waals surface area (Å²) in [5.74, 6) is -0.186. The molecule has 16 heavy (non-hydrogen) atoms. The van der Waals surface area contributed by atoms with E-state index < -0.39 is 0 Å². The van der Waals surface area contributed by atoms with Crippen LogP contribution in [0, 0.1) is 0 Å². The summed E-state index contributed by atoms with van der Waals surface area (Å²) in [6.45, 7) is 2.27. The molecule has 86 valence electrons. The molecule has 3 N–H and O–H groups in total. The third-order valence-corrected chi connectivity index (χ3v) is 1.90. The van der Waals surface area contributed by atoms with E-state index in [1.165, 1.54) is 6.08 Å². The van der Waals surface area contributed by atoms with E-state index in [1.807, 2.05) is 30.3 Å². The van der Waals surface area contributed by atoms with Crippen molar-refractivity contribution < 1.29 is 9.90 Å². The van der Waals surface area contributed by atoms with Crippen LogP contribution in [-0.2, 0) is 4.79 Å². The van der Waals surface area contributed by atoms with E-state index in [-0.39, 0.29) is 12.5 Å². The molecule has 0 unspecified atom stereocenters. The maximum Gasteiger partial charge on any atom is 0.250 e. The molecule has 0 saturated heterocycles. The standard InChI is InChI=1S/C12H16N2O2/c1-10(13-7-8-15)9-12(16)14-11-5-3-2-4-6-11/h2-6,9,13,15H,7-8H2,1H3,(H,14,16)/b10-9+. The molecule has 0 saturated carbocycles. The monoisotopic (exact) mass is 220 g/mol. The van der Waals surface area contributed by atoms with Crippen LogP contribution >= 0.6 is 0 Å². The Labute approximate surface area is 95.0 Å². The zero-order valence-electron chi connectivity index (χ0n) is 9.23. The first-order valence-corrected chi connectivity index (χ1v) is 5.11. The number of nitrogens with one attached hydrogen (secondary N) is 2. The Morgan fingerprint density at radius 2 is 2.06 bits per heavy atom. The van der Waals surface area contributed by atoms with E-state index in [0.29, 0.717) is 6.54 Å². The summed E-state index contributed by atoms with van der Waals surface area (Å²) in [5, 5.41) is 14.2. The van der Waals surface area contributed by atoms with Crippen molar-refractivity contribution >= 4 is 11.6 Å². The van der Waals surface area contributed by atoms with Gasteiger partial charge in [0.05, 0.1) is 6.61 Å². The Kier molecular flexibility index (Phi) is 5.08. The van der Waals surface area contributed by atoms with Crippen molar-refractivity contribution in [3.05, 3.63) is 42.1 Å². The molecular weight excluding hydrogens is 204 g/mol. The summed E-state index contributed by atoms with van der Waals surface area (Å²) in [5.41, 5.74) is 1.49. The first-order valence-electron chi connectivity index (χ1n) is 5.11. The fraction of sp³-hybridized carbons (Fsp3) is 0.250. The first kappa shape index (κ1) is 12.3. The summed E-state index contributed by atoms with van der Waals surface area (Å²) < 4.78 is 0. The molecule has 1 aromatic rings. The van der Waals surface area contributed by atoms with Crippen LogP contribution in [0.4, 0.5) is 5.69 Å². The van der Waals surface area contributed by atoms with Crippen LogP contribution in [0.2, 0.25) is 0 Å². The van der Waals surface area contributed by atoms with E-state index in [4.69, 9.17) is 5.11 Å². The highest BCUT2D eigenvalue weighted by Gasteiger charge is 1.98. The number of aliphatic hydroxyl groups excluding tert-OH is 1. The number of benzene rings is 1. The second kappa shape index (κ2) is 6.63. The molecule has 4 nitrogen and oxygen atoms in total. The second-order valence-corrected chi connectivity index (χ2v) is 3.33. The van der Waals surface area contributed by atoms with Crippen LogP contribution in [0.25, 0.3) is 0 Å². The van der Waals surface area contributed by atoms with Gasteiger partial charge in [0.25, 0.3) is 0 Å². The molecule has 0 radical (unpaired) electrons. The molecule has 4 heteroatoms. The maximum atomic E-state index is 11.5. The van der Waals surface area contributed by atoms with Gasteiger partial charge in [-0.1, -0.05) is 18.2 Å². The molecule has 1 aromatic carbocycles. The first-order chi connectivity index (χ1) is 7.72. The number of rotatable bonds is 5. The van der Waals surface area contributed by atoms with Gasteiger partial charge >= 0.3 is 0 Å². The molecule has 0 fully saturated rings. The maximum absolute atomic E-state index is 11.5. The lowest BCUT2D eigenvalue weighted by Gasteiger charge is -2.05. The Morgan fingerprint density at radius 1 is 1.38 bits per heavy atom. The molecule has 0 aliphatic rings. The minimum atomic E-state index is -0.186. The van der Waals surface area contributed by atoms with Crippen molar-refractivity contribution in [1.82, 2.24) is 5.32 Å². The summed E-state index contributed by atoms with van der Waals surface area (Å²) in [6, 6.07) is 9.25. The number of carbonyl (C=O) groups excluding carboxylic acids is 1. The van der Waals surface area contributed by atoms with Crippen molar-refractivity contribution in [2.45, 2.75) is 6.92 Å². The summed E-state index contributed by atoms with van der Waals surface area (Å²) in [4.78, 5) is 11.5. The number of para-hydroxylation sites is 1. The van der Waals surface area contributed by atoms with Crippen LogP contribution in [0.15, 0.2) is 42.1 Å². The van der Waals surface area contributed by atoms with Crippen LogP contribution in [0.1, 0.15) is 6.92 Å². The average molecular weight is 220 g/mol. The van der Waals surface area contributed by atoms with E-state index in [0.717, 1.165) is 11.4 Å². The van der Waals surface area contributed by atoms with Crippen molar-refractivity contribution in [3.63, 3.8) is 0 Å². The lowest BCUT2D eigenvalue weighted by atomic mass is 10.3. The zero-order valence-corrected chi connectivity index (χ0v) is 9.23. The second-order valence-electron chi connectivity index (χ2n) is 3.33. The molecule has 0 heterocycles. The molecular formula is C12H16N2O2. The number of carbonyl (C=O) groups is 1. The van der Waals surface area contributed by atoms with Crippen LogP contribution in [0.3, 0.4) is 0 Å². The molecule has 0 aliphatic heterocycles. The summed E-state index contributed by atoms with van der Waals surface area (Å²) in [6.07, 6.45) is 1.46. The van der Waals surface area contributed by atoms with Gasteiger partial charge in [0.1, 0.15) is 0 Å².